The van der Waals surface area contributed by atoms with Crippen LogP contribution in [0.5, 0.6) is 0 Å². The molecule has 0 spiro atoms. The molecule has 1 saturated carbocycles. The first-order valence-corrected chi connectivity index (χ1v) is 5.92. The second-order valence-electron chi connectivity index (χ2n) is 5.88. The molecule has 0 aromatic rings. The molecule has 0 amide bonds. The summed E-state index contributed by atoms with van der Waals surface area (Å²) >= 11 is 0. The van der Waals surface area contributed by atoms with Gasteiger partial charge in [-0.1, -0.05) is 27.7 Å². The second-order valence-corrected chi connectivity index (χ2v) is 5.88. The first kappa shape index (κ1) is 12.7. The highest BCUT2D eigenvalue weighted by Crippen LogP contribution is 2.43. The molecule has 1 rings (SSSR count). The van der Waals surface area contributed by atoms with Crippen LogP contribution in [0.25, 0.3) is 0 Å². The van der Waals surface area contributed by atoms with Crippen LogP contribution in [0.1, 0.15) is 53.4 Å². The SMILES string of the molecule is COC1(C(=O)C(C)C)CCC(C)(C)CC1. The average Bonchev–Trinajstić information content (AvgIpc) is 2.18. The number of Topliss-reactive ketones (excluding diaryl/α,β-unsaturated/α-hetero) is 1. The molecule has 0 unspecified atom stereocenters. The highest BCUT2D eigenvalue weighted by atomic mass is 16.5. The van der Waals surface area contributed by atoms with Gasteiger partial charge in [-0.3, -0.25) is 4.79 Å². The van der Waals surface area contributed by atoms with E-state index < -0.39 is 5.60 Å². The normalized spacial score (nSPS) is 24.1. The summed E-state index contributed by atoms with van der Waals surface area (Å²) in [4.78, 5) is 12.1. The van der Waals surface area contributed by atoms with Gasteiger partial charge >= 0.3 is 0 Å². The molecular formula is C13H24O2. The molecule has 0 saturated heterocycles. The van der Waals surface area contributed by atoms with Crippen molar-refractivity contribution < 1.29 is 9.53 Å². The fourth-order valence-electron chi connectivity index (χ4n) is 2.41. The predicted octanol–water partition coefficient (Wildman–Crippen LogP) is 3.20. The summed E-state index contributed by atoms with van der Waals surface area (Å²) in [6.07, 6.45) is 3.93. The number of ether oxygens (including phenoxy) is 1. The topological polar surface area (TPSA) is 26.3 Å². The molecule has 1 fully saturated rings. The van der Waals surface area contributed by atoms with Gasteiger partial charge in [0.05, 0.1) is 0 Å². The molecule has 0 atom stereocenters. The quantitative estimate of drug-likeness (QED) is 0.718. The van der Waals surface area contributed by atoms with Crippen LogP contribution in [0.2, 0.25) is 0 Å². The third-order valence-corrected chi connectivity index (χ3v) is 3.78. The Bertz CT molecular complexity index is 231. The Morgan fingerprint density at radius 3 is 1.93 bits per heavy atom. The van der Waals surface area contributed by atoms with Crippen molar-refractivity contribution in [3.8, 4) is 0 Å². The fourth-order valence-corrected chi connectivity index (χ4v) is 2.41. The maximum Gasteiger partial charge on any atom is 0.167 e. The Morgan fingerprint density at radius 1 is 1.13 bits per heavy atom. The standard InChI is InChI=1S/C13H24O2/c1-10(2)11(14)13(15-5)8-6-12(3,4)7-9-13/h10H,6-9H2,1-5H3. The van der Waals surface area contributed by atoms with Crippen LogP contribution in [0, 0.1) is 11.3 Å². The molecule has 15 heavy (non-hydrogen) atoms. The van der Waals surface area contributed by atoms with E-state index in [1.807, 2.05) is 13.8 Å². The summed E-state index contributed by atoms with van der Waals surface area (Å²) in [5.74, 6) is 0.353. The monoisotopic (exact) mass is 212 g/mol. The number of ketones is 1. The third-order valence-electron chi connectivity index (χ3n) is 3.78. The van der Waals surface area contributed by atoms with Crippen LogP contribution in [-0.4, -0.2) is 18.5 Å². The molecule has 0 N–H and O–H groups in total. The predicted molar refractivity (Wildman–Crippen MR) is 61.8 cm³/mol. The molecule has 0 aliphatic heterocycles. The lowest BCUT2D eigenvalue weighted by Gasteiger charge is -2.42. The number of hydrogen-bond donors (Lipinski definition) is 0. The number of methoxy groups -OCH3 is 1. The third kappa shape index (κ3) is 2.60. The second kappa shape index (κ2) is 4.25. The van der Waals surface area contributed by atoms with Crippen molar-refractivity contribution in [3.63, 3.8) is 0 Å². The van der Waals surface area contributed by atoms with Gasteiger partial charge in [0.15, 0.2) is 5.78 Å². The minimum atomic E-state index is -0.482. The van der Waals surface area contributed by atoms with E-state index in [-0.39, 0.29) is 11.7 Å². The highest BCUT2D eigenvalue weighted by Gasteiger charge is 2.44. The molecule has 2 heteroatoms. The summed E-state index contributed by atoms with van der Waals surface area (Å²) in [7, 11) is 1.68. The molecule has 1 aliphatic carbocycles. The Kier molecular flexibility index (Phi) is 3.59. The zero-order valence-electron chi connectivity index (χ0n) is 10.7. The molecule has 88 valence electrons. The van der Waals surface area contributed by atoms with Gasteiger partial charge in [-0.2, -0.15) is 0 Å². The van der Waals surface area contributed by atoms with Gasteiger partial charge in [-0.25, -0.2) is 0 Å². The van der Waals surface area contributed by atoms with E-state index in [2.05, 4.69) is 13.8 Å². The lowest BCUT2D eigenvalue weighted by Crippen LogP contribution is -2.47. The van der Waals surface area contributed by atoms with Gasteiger partial charge in [-0.05, 0) is 31.1 Å². The molecule has 0 heterocycles. The van der Waals surface area contributed by atoms with Crippen LogP contribution in [0.4, 0.5) is 0 Å². The molecule has 0 aromatic heterocycles. The Balaban J connectivity index is 2.77. The van der Waals surface area contributed by atoms with E-state index in [4.69, 9.17) is 4.74 Å². The van der Waals surface area contributed by atoms with Crippen molar-refractivity contribution in [2.75, 3.05) is 7.11 Å². The van der Waals surface area contributed by atoms with E-state index in [1.165, 1.54) is 0 Å². The van der Waals surface area contributed by atoms with Gasteiger partial charge < -0.3 is 4.74 Å². The van der Waals surface area contributed by atoms with Gasteiger partial charge in [0.1, 0.15) is 5.60 Å². The minimum Gasteiger partial charge on any atom is -0.370 e. The lowest BCUT2D eigenvalue weighted by molar-refractivity contribution is -0.151. The molecule has 0 radical (unpaired) electrons. The summed E-state index contributed by atoms with van der Waals surface area (Å²) in [6.45, 7) is 8.46. The smallest absolute Gasteiger partial charge is 0.167 e. The highest BCUT2D eigenvalue weighted by molar-refractivity contribution is 5.89. The van der Waals surface area contributed by atoms with Crippen LogP contribution in [0.15, 0.2) is 0 Å². The number of carbonyl (C=O) groups is 1. The molecular weight excluding hydrogens is 188 g/mol. The van der Waals surface area contributed by atoms with E-state index in [0.29, 0.717) is 5.41 Å². The molecule has 1 aliphatic rings. The Labute approximate surface area is 93.4 Å². The number of rotatable bonds is 3. The summed E-state index contributed by atoms with van der Waals surface area (Å²) < 4.78 is 5.55. The van der Waals surface area contributed by atoms with Gasteiger partial charge in [0, 0.05) is 13.0 Å². The van der Waals surface area contributed by atoms with Crippen molar-refractivity contribution in [1.29, 1.82) is 0 Å². The van der Waals surface area contributed by atoms with Crippen LogP contribution in [-0.2, 0) is 9.53 Å². The fraction of sp³-hybridized carbons (Fsp3) is 0.923. The van der Waals surface area contributed by atoms with E-state index in [1.54, 1.807) is 7.11 Å². The first-order chi connectivity index (χ1) is 6.83. The lowest BCUT2D eigenvalue weighted by atomic mass is 9.68. The summed E-state index contributed by atoms with van der Waals surface area (Å²) in [6, 6.07) is 0. The Morgan fingerprint density at radius 2 is 1.60 bits per heavy atom. The van der Waals surface area contributed by atoms with Gasteiger partial charge in [0.2, 0.25) is 0 Å². The van der Waals surface area contributed by atoms with Crippen molar-refractivity contribution in [1.82, 2.24) is 0 Å². The zero-order valence-corrected chi connectivity index (χ0v) is 10.7. The maximum atomic E-state index is 12.1. The first-order valence-electron chi connectivity index (χ1n) is 5.92. The van der Waals surface area contributed by atoms with E-state index >= 15 is 0 Å². The van der Waals surface area contributed by atoms with Crippen molar-refractivity contribution in [3.05, 3.63) is 0 Å². The zero-order chi connectivity index (χ0) is 11.7. The van der Waals surface area contributed by atoms with E-state index in [0.717, 1.165) is 25.7 Å². The minimum absolute atomic E-state index is 0.0752. The molecule has 2 nitrogen and oxygen atoms in total. The molecule has 0 bridgehead atoms. The Hall–Kier alpha value is -0.370. The van der Waals surface area contributed by atoms with E-state index in [9.17, 15) is 4.79 Å². The van der Waals surface area contributed by atoms with Gasteiger partial charge in [-0.15, -0.1) is 0 Å². The van der Waals surface area contributed by atoms with Crippen LogP contribution < -0.4 is 0 Å². The van der Waals surface area contributed by atoms with Crippen molar-refractivity contribution in [2.45, 2.75) is 59.0 Å². The summed E-state index contributed by atoms with van der Waals surface area (Å²) in [5, 5.41) is 0. The van der Waals surface area contributed by atoms with Crippen molar-refractivity contribution in [2.24, 2.45) is 11.3 Å². The van der Waals surface area contributed by atoms with Crippen molar-refractivity contribution >= 4 is 5.78 Å². The van der Waals surface area contributed by atoms with Crippen LogP contribution >= 0.6 is 0 Å². The number of hydrogen-bond acceptors (Lipinski definition) is 2. The van der Waals surface area contributed by atoms with Gasteiger partial charge in [0.25, 0.3) is 0 Å². The number of carbonyl (C=O) groups excluding carboxylic acids is 1. The average molecular weight is 212 g/mol. The molecule has 0 aromatic carbocycles. The van der Waals surface area contributed by atoms with Crippen LogP contribution in [0.3, 0.4) is 0 Å². The summed E-state index contributed by atoms with van der Waals surface area (Å²) in [5.41, 5.74) is -0.108. The maximum absolute atomic E-state index is 12.1. The largest absolute Gasteiger partial charge is 0.370 e.